The predicted molar refractivity (Wildman–Crippen MR) is 45.4 cm³/mol. The molecule has 1 heterocycles. The summed E-state index contributed by atoms with van der Waals surface area (Å²) in [6.07, 6.45) is 8.35. The molecule has 3 heteroatoms. The van der Waals surface area contributed by atoms with Crippen LogP contribution in [-0.4, -0.2) is 19.0 Å². The van der Waals surface area contributed by atoms with E-state index in [1.807, 2.05) is 0 Å². The van der Waals surface area contributed by atoms with E-state index in [0.717, 1.165) is 13.0 Å². The van der Waals surface area contributed by atoms with E-state index < -0.39 is 0 Å². The zero-order chi connectivity index (χ0) is 7.94. The van der Waals surface area contributed by atoms with E-state index in [1.54, 1.807) is 12.3 Å². The molecule has 1 aliphatic rings. The van der Waals surface area contributed by atoms with Crippen molar-refractivity contribution >= 4 is 6.21 Å². The highest BCUT2D eigenvalue weighted by molar-refractivity contribution is 5.70. The highest BCUT2D eigenvalue weighted by atomic mass is 16.5. The van der Waals surface area contributed by atoms with E-state index >= 15 is 0 Å². The number of hydrogen-bond donors (Lipinski definition) is 1. The van der Waals surface area contributed by atoms with Crippen LogP contribution >= 0.6 is 0 Å². The smallest absolute Gasteiger partial charge is 0.148 e. The van der Waals surface area contributed by atoms with Crippen molar-refractivity contribution in [3.05, 3.63) is 12.3 Å². The minimum Gasteiger partial charge on any atom is -0.405 e. The van der Waals surface area contributed by atoms with Gasteiger partial charge in [-0.1, -0.05) is 0 Å². The van der Waals surface area contributed by atoms with Crippen LogP contribution in [0.5, 0.6) is 0 Å². The average Bonchev–Trinajstić information content (AvgIpc) is 2.07. The van der Waals surface area contributed by atoms with Crippen LogP contribution in [0.3, 0.4) is 0 Å². The Labute approximate surface area is 66.9 Å². The molecule has 0 radical (unpaired) electrons. The van der Waals surface area contributed by atoms with Crippen molar-refractivity contribution in [2.45, 2.75) is 25.5 Å². The Bertz CT molecular complexity index is 148. The fraction of sp³-hybridized carbons (Fsp3) is 0.625. The number of rotatable bonds is 2. The molecule has 1 unspecified atom stereocenters. The minimum atomic E-state index is 0.0694. The van der Waals surface area contributed by atoms with Crippen molar-refractivity contribution in [2.24, 2.45) is 10.7 Å². The lowest BCUT2D eigenvalue weighted by Gasteiger charge is -2.17. The Balaban J connectivity index is 2.23. The lowest BCUT2D eigenvalue weighted by atomic mass is 10.2. The summed E-state index contributed by atoms with van der Waals surface area (Å²) in [6, 6.07) is 0. The first-order valence-electron chi connectivity index (χ1n) is 3.95. The van der Waals surface area contributed by atoms with Crippen molar-refractivity contribution in [2.75, 3.05) is 6.61 Å². The van der Waals surface area contributed by atoms with Crippen molar-refractivity contribution < 1.29 is 4.74 Å². The van der Waals surface area contributed by atoms with E-state index in [1.165, 1.54) is 19.0 Å². The second kappa shape index (κ2) is 4.91. The standard InChI is InChI=1S/C8H14N2O/c9-5-3-6-10-8-4-1-2-7-11-8/h3,5-6,8H,1-2,4,7,9H2. The molecule has 1 rings (SSSR count). The van der Waals surface area contributed by atoms with Crippen molar-refractivity contribution in [1.29, 1.82) is 0 Å². The quantitative estimate of drug-likeness (QED) is 0.604. The van der Waals surface area contributed by atoms with Gasteiger partial charge in [0.25, 0.3) is 0 Å². The molecule has 0 aliphatic carbocycles. The van der Waals surface area contributed by atoms with Crippen molar-refractivity contribution in [1.82, 2.24) is 0 Å². The third-order valence-electron chi connectivity index (χ3n) is 1.61. The second-order valence-electron chi connectivity index (χ2n) is 2.50. The molecule has 0 aromatic rings. The molecule has 0 amide bonds. The molecule has 2 N–H and O–H groups in total. The predicted octanol–water partition coefficient (Wildman–Crippen LogP) is 1.06. The number of allylic oxidation sites excluding steroid dienone is 1. The number of nitrogens with two attached hydrogens (primary N) is 1. The van der Waals surface area contributed by atoms with E-state index in [2.05, 4.69) is 4.99 Å². The molecule has 0 saturated carbocycles. The van der Waals surface area contributed by atoms with Gasteiger partial charge in [-0.05, 0) is 31.5 Å². The van der Waals surface area contributed by atoms with E-state index in [4.69, 9.17) is 10.5 Å². The first-order valence-corrected chi connectivity index (χ1v) is 3.95. The molecule has 1 atom stereocenters. The molecule has 11 heavy (non-hydrogen) atoms. The van der Waals surface area contributed by atoms with Crippen LogP contribution < -0.4 is 5.73 Å². The van der Waals surface area contributed by atoms with Crippen molar-refractivity contribution in [3.63, 3.8) is 0 Å². The number of nitrogens with zero attached hydrogens (tertiary/aromatic N) is 1. The lowest BCUT2D eigenvalue weighted by molar-refractivity contribution is 0.0227. The van der Waals surface area contributed by atoms with Gasteiger partial charge in [0.1, 0.15) is 6.23 Å². The molecular weight excluding hydrogens is 140 g/mol. The van der Waals surface area contributed by atoms with E-state index in [0.29, 0.717) is 0 Å². The van der Waals surface area contributed by atoms with Crippen LogP contribution in [0.25, 0.3) is 0 Å². The largest absolute Gasteiger partial charge is 0.405 e. The van der Waals surface area contributed by atoms with Gasteiger partial charge in [0, 0.05) is 12.8 Å². The summed E-state index contributed by atoms with van der Waals surface area (Å²) < 4.78 is 5.35. The molecule has 0 bridgehead atoms. The average molecular weight is 154 g/mol. The molecule has 3 nitrogen and oxygen atoms in total. The molecule has 1 fully saturated rings. The van der Waals surface area contributed by atoms with Gasteiger partial charge in [0.15, 0.2) is 0 Å². The minimum absolute atomic E-state index is 0.0694. The normalized spacial score (nSPS) is 26.7. The summed E-state index contributed by atoms with van der Waals surface area (Å²) in [7, 11) is 0. The van der Waals surface area contributed by atoms with Crippen LogP contribution in [0.2, 0.25) is 0 Å². The number of aliphatic imine (C=N–C) groups is 1. The van der Waals surface area contributed by atoms with Gasteiger partial charge in [-0.15, -0.1) is 0 Å². The van der Waals surface area contributed by atoms with E-state index in [-0.39, 0.29) is 6.23 Å². The summed E-state index contributed by atoms with van der Waals surface area (Å²) in [4.78, 5) is 4.16. The number of hydrogen-bond acceptors (Lipinski definition) is 3. The Morgan fingerprint density at radius 3 is 3.00 bits per heavy atom. The van der Waals surface area contributed by atoms with Crippen LogP contribution in [0.15, 0.2) is 17.3 Å². The molecular formula is C8H14N2O. The Hall–Kier alpha value is -0.830. The first-order chi connectivity index (χ1) is 5.43. The molecule has 0 aromatic carbocycles. The monoisotopic (exact) mass is 154 g/mol. The summed E-state index contributed by atoms with van der Waals surface area (Å²) in [5.74, 6) is 0. The first kappa shape index (κ1) is 8.27. The maximum absolute atomic E-state index is 5.35. The van der Waals surface area contributed by atoms with Crippen LogP contribution in [0, 0.1) is 0 Å². The topological polar surface area (TPSA) is 47.6 Å². The fourth-order valence-electron chi connectivity index (χ4n) is 1.04. The van der Waals surface area contributed by atoms with Crippen molar-refractivity contribution in [3.8, 4) is 0 Å². The summed E-state index contributed by atoms with van der Waals surface area (Å²) in [5, 5.41) is 0. The molecule has 1 aliphatic heterocycles. The van der Waals surface area contributed by atoms with Crippen LogP contribution in [-0.2, 0) is 4.74 Å². The van der Waals surface area contributed by atoms with Crippen LogP contribution in [0.4, 0.5) is 0 Å². The lowest BCUT2D eigenvalue weighted by Crippen LogP contribution is -2.16. The fourth-order valence-corrected chi connectivity index (χ4v) is 1.04. The van der Waals surface area contributed by atoms with Gasteiger partial charge in [-0.25, -0.2) is 0 Å². The summed E-state index contributed by atoms with van der Waals surface area (Å²) in [5.41, 5.74) is 5.13. The van der Waals surface area contributed by atoms with Gasteiger partial charge in [0.05, 0.1) is 0 Å². The van der Waals surface area contributed by atoms with Gasteiger partial charge in [-0.2, -0.15) is 0 Å². The third kappa shape index (κ3) is 3.18. The SMILES string of the molecule is NC=CC=NC1CCCCO1. The van der Waals surface area contributed by atoms with Gasteiger partial charge in [-0.3, -0.25) is 4.99 Å². The zero-order valence-electron chi connectivity index (χ0n) is 6.57. The van der Waals surface area contributed by atoms with Gasteiger partial charge in [0.2, 0.25) is 0 Å². The maximum Gasteiger partial charge on any atom is 0.148 e. The van der Waals surface area contributed by atoms with Gasteiger partial charge < -0.3 is 10.5 Å². The summed E-state index contributed by atoms with van der Waals surface area (Å²) in [6.45, 7) is 0.842. The molecule has 62 valence electrons. The van der Waals surface area contributed by atoms with Gasteiger partial charge >= 0.3 is 0 Å². The highest BCUT2D eigenvalue weighted by Crippen LogP contribution is 2.12. The maximum atomic E-state index is 5.35. The second-order valence-corrected chi connectivity index (χ2v) is 2.50. The third-order valence-corrected chi connectivity index (χ3v) is 1.61. The van der Waals surface area contributed by atoms with Crippen LogP contribution in [0.1, 0.15) is 19.3 Å². The zero-order valence-corrected chi connectivity index (χ0v) is 6.57. The molecule has 0 aromatic heterocycles. The highest BCUT2D eigenvalue weighted by Gasteiger charge is 2.09. The van der Waals surface area contributed by atoms with E-state index in [9.17, 15) is 0 Å². The molecule has 0 spiro atoms. The Morgan fingerprint density at radius 2 is 2.36 bits per heavy atom. The number of ether oxygens (including phenoxy) is 1. The Morgan fingerprint density at radius 1 is 1.45 bits per heavy atom. The molecule has 1 saturated heterocycles. The Kier molecular flexibility index (Phi) is 3.69. The summed E-state index contributed by atoms with van der Waals surface area (Å²) >= 11 is 0.